The Bertz CT molecular complexity index is 1740. The first kappa shape index (κ1) is 24.7. The van der Waals surface area contributed by atoms with Crippen LogP contribution in [0.3, 0.4) is 0 Å². The Balaban J connectivity index is 1.30. The number of hydrogen-bond acceptors (Lipinski definition) is 5. The molecule has 2 atom stereocenters. The molecule has 4 aromatic rings. The van der Waals surface area contributed by atoms with Crippen LogP contribution in [-0.4, -0.2) is 23.5 Å². The summed E-state index contributed by atoms with van der Waals surface area (Å²) < 4.78 is 6.49. The molecule has 7 rings (SSSR count). The molecule has 0 radical (unpaired) electrons. The number of hydrogen-bond donors (Lipinski definition) is 4. The van der Waals surface area contributed by atoms with Crippen molar-refractivity contribution >= 4 is 11.5 Å². The number of amidine groups is 1. The van der Waals surface area contributed by atoms with Gasteiger partial charge in [-0.2, -0.15) is 0 Å². The van der Waals surface area contributed by atoms with Crippen molar-refractivity contribution in [3.8, 4) is 11.5 Å². The van der Waals surface area contributed by atoms with Gasteiger partial charge in [-0.15, -0.1) is 0 Å². The largest absolute Gasteiger partial charge is 0.457 e. The number of benzene rings is 3. The molecule has 41 heavy (non-hydrogen) atoms. The molecular weight excluding hydrogens is 506 g/mol. The van der Waals surface area contributed by atoms with Crippen molar-refractivity contribution in [3.63, 3.8) is 0 Å². The Morgan fingerprint density at radius 3 is 2.56 bits per heavy atom. The normalized spacial score (nSPS) is 20.2. The van der Waals surface area contributed by atoms with Crippen molar-refractivity contribution in [2.24, 2.45) is 0 Å². The van der Waals surface area contributed by atoms with Gasteiger partial charge in [-0.3, -0.25) is 10.4 Å². The Hall–Kier alpha value is -5.36. The maximum atomic E-state index is 9.08. The summed E-state index contributed by atoms with van der Waals surface area (Å²) in [5.74, 6) is 1.92. The summed E-state index contributed by atoms with van der Waals surface area (Å²) in [6, 6.07) is 28.6. The van der Waals surface area contributed by atoms with E-state index in [2.05, 4.69) is 75.6 Å². The van der Waals surface area contributed by atoms with Crippen LogP contribution >= 0.6 is 0 Å². The molecule has 0 bridgehead atoms. The zero-order valence-electron chi connectivity index (χ0n) is 22.3. The first-order valence-corrected chi connectivity index (χ1v) is 13.7. The third kappa shape index (κ3) is 4.30. The smallest absolute Gasteiger partial charge is 0.132 e. The molecule has 3 aliphatic rings. The number of nitrogens with one attached hydrogen (secondary N) is 4. The van der Waals surface area contributed by atoms with Crippen molar-refractivity contribution < 1.29 is 4.74 Å². The molecule has 200 valence electrons. The van der Waals surface area contributed by atoms with Gasteiger partial charge >= 0.3 is 0 Å². The van der Waals surface area contributed by atoms with E-state index in [0.717, 1.165) is 57.1 Å². The van der Waals surface area contributed by atoms with Crippen LogP contribution in [0.5, 0.6) is 11.5 Å². The number of rotatable bonds is 5. The molecule has 3 aliphatic heterocycles. The Morgan fingerprint density at radius 1 is 0.927 bits per heavy atom. The van der Waals surface area contributed by atoms with Gasteiger partial charge in [0, 0.05) is 41.3 Å². The zero-order chi connectivity index (χ0) is 27.6. The summed E-state index contributed by atoms with van der Waals surface area (Å²) in [5.41, 5.74) is 6.52. The zero-order valence-corrected chi connectivity index (χ0v) is 22.3. The highest BCUT2D eigenvalue weighted by Gasteiger charge is 2.46. The second-order valence-electron chi connectivity index (χ2n) is 10.2. The first-order chi connectivity index (χ1) is 20.2. The Kier molecular flexibility index (Phi) is 6.21. The molecule has 0 fully saturated rings. The van der Waals surface area contributed by atoms with Crippen LogP contribution in [0.1, 0.15) is 27.8 Å². The molecule has 3 aromatic carbocycles. The van der Waals surface area contributed by atoms with E-state index in [-0.39, 0.29) is 6.17 Å². The maximum Gasteiger partial charge on any atom is 0.132 e. The minimum Gasteiger partial charge on any atom is -0.457 e. The molecule has 6 nitrogen and oxygen atoms in total. The topological polar surface area (TPSA) is 82.1 Å². The molecule has 0 aliphatic carbocycles. The van der Waals surface area contributed by atoms with E-state index >= 15 is 0 Å². The minimum atomic E-state index is -0.645. The van der Waals surface area contributed by atoms with E-state index in [9.17, 15) is 0 Å². The van der Waals surface area contributed by atoms with E-state index < -0.39 is 5.41 Å². The number of nitrogens with zero attached hydrogens (tertiary/aromatic N) is 1. The molecule has 1 aromatic heterocycles. The lowest BCUT2D eigenvalue weighted by Gasteiger charge is -2.42. The van der Waals surface area contributed by atoms with Crippen LogP contribution in [-0.2, 0) is 5.41 Å². The third-order valence-corrected chi connectivity index (χ3v) is 7.81. The van der Waals surface area contributed by atoms with E-state index in [0.29, 0.717) is 5.84 Å². The molecule has 0 spiro atoms. The fourth-order valence-electron chi connectivity index (χ4n) is 5.97. The molecule has 6 heteroatoms. The first-order valence-electron chi connectivity index (χ1n) is 13.7. The second kappa shape index (κ2) is 10.3. The highest BCUT2D eigenvalue weighted by atomic mass is 16.5. The second-order valence-corrected chi connectivity index (χ2v) is 10.2. The molecule has 4 heterocycles. The number of allylic oxidation sites excluding steroid dienone is 4. The van der Waals surface area contributed by atoms with Gasteiger partial charge in [-0.05, 0) is 77.5 Å². The van der Waals surface area contributed by atoms with Crippen molar-refractivity contribution in [3.05, 3.63) is 167 Å². The number of ether oxygens (including phenoxy) is 1. The summed E-state index contributed by atoms with van der Waals surface area (Å²) in [6.45, 7) is 0.727. The molecule has 4 N–H and O–H groups in total. The fraction of sp³-hybridized carbons (Fsp3) is 0.0857. The Morgan fingerprint density at radius 2 is 1.73 bits per heavy atom. The molecule has 0 saturated carbocycles. The summed E-state index contributed by atoms with van der Waals surface area (Å²) in [4.78, 5) is 4.32. The van der Waals surface area contributed by atoms with Crippen LogP contribution < -0.4 is 20.7 Å². The number of dihydropyridines is 2. The molecular formula is C35H29N5O. The highest BCUT2D eigenvalue weighted by Crippen LogP contribution is 2.55. The predicted octanol–water partition coefficient (Wildman–Crippen LogP) is 6.01. The quantitative estimate of drug-likeness (QED) is 0.186. The van der Waals surface area contributed by atoms with E-state index in [4.69, 9.17) is 10.1 Å². The maximum absolute atomic E-state index is 9.08. The standard InChI is InChI=1S/C35H29N5O/c36-34(40-33-12-6-10-30(39-33)24-7-2-1-3-8-24)25-13-14-32-29(23-25)35(26-15-19-37-20-16-26,27-17-21-38-22-18-27)28-9-4-5-11-31(28)41-32/h1-21,23,33,38-39H,22H2,(H2,36,40). The summed E-state index contributed by atoms with van der Waals surface area (Å²) >= 11 is 0. The Labute approximate surface area is 239 Å². The average Bonchev–Trinajstić information content (AvgIpc) is 3.05. The van der Waals surface area contributed by atoms with Crippen LogP contribution in [0, 0.1) is 5.41 Å². The fourth-order valence-corrected chi connectivity index (χ4v) is 5.97. The van der Waals surface area contributed by atoms with Crippen LogP contribution in [0.2, 0.25) is 0 Å². The summed E-state index contributed by atoms with van der Waals surface area (Å²) in [6.07, 6.45) is 15.9. The predicted molar refractivity (Wildman–Crippen MR) is 163 cm³/mol. The summed E-state index contributed by atoms with van der Waals surface area (Å²) in [5, 5.41) is 19.2. The van der Waals surface area contributed by atoms with Crippen molar-refractivity contribution in [1.29, 1.82) is 5.41 Å². The van der Waals surface area contributed by atoms with E-state index in [1.54, 1.807) is 0 Å². The van der Waals surface area contributed by atoms with E-state index in [1.165, 1.54) is 0 Å². The molecule has 0 amide bonds. The highest BCUT2D eigenvalue weighted by molar-refractivity contribution is 5.97. The molecule has 0 saturated heterocycles. The van der Waals surface area contributed by atoms with Gasteiger partial charge in [0.05, 0.1) is 5.41 Å². The number of pyridine rings is 1. The number of aromatic nitrogens is 1. The van der Waals surface area contributed by atoms with Crippen molar-refractivity contribution in [1.82, 2.24) is 20.9 Å². The number of fused-ring (bicyclic) bond motifs is 2. The van der Waals surface area contributed by atoms with Gasteiger partial charge in [0.2, 0.25) is 0 Å². The van der Waals surface area contributed by atoms with Gasteiger partial charge in [0.25, 0.3) is 0 Å². The van der Waals surface area contributed by atoms with Gasteiger partial charge in [-0.1, -0.05) is 60.7 Å². The lowest BCUT2D eigenvalue weighted by atomic mass is 9.63. The summed E-state index contributed by atoms with van der Waals surface area (Å²) in [7, 11) is 0. The van der Waals surface area contributed by atoms with Gasteiger partial charge in [0.15, 0.2) is 0 Å². The lowest BCUT2D eigenvalue weighted by molar-refractivity contribution is 0.433. The van der Waals surface area contributed by atoms with Gasteiger partial charge < -0.3 is 20.7 Å². The molecule has 2 unspecified atom stereocenters. The minimum absolute atomic E-state index is 0.226. The van der Waals surface area contributed by atoms with Crippen molar-refractivity contribution in [2.75, 3.05) is 6.54 Å². The van der Waals surface area contributed by atoms with Crippen molar-refractivity contribution in [2.45, 2.75) is 11.6 Å². The van der Waals surface area contributed by atoms with Crippen LogP contribution in [0.15, 0.2) is 139 Å². The number of para-hydroxylation sites is 1. The van der Waals surface area contributed by atoms with Crippen LogP contribution in [0.4, 0.5) is 0 Å². The van der Waals surface area contributed by atoms with E-state index in [1.807, 2.05) is 79.3 Å². The lowest BCUT2D eigenvalue weighted by Crippen LogP contribution is -2.44. The average molecular weight is 536 g/mol. The van der Waals surface area contributed by atoms with Gasteiger partial charge in [0.1, 0.15) is 23.5 Å². The van der Waals surface area contributed by atoms with Gasteiger partial charge in [-0.25, -0.2) is 0 Å². The SMILES string of the molecule is N=C(NC1C=CC=C(c2ccccc2)N1)c1ccc2c(c1)C(C1=CCNC=C1)(c1ccncc1)c1ccccc1O2. The monoisotopic (exact) mass is 535 g/mol. The third-order valence-electron chi connectivity index (χ3n) is 7.81. The van der Waals surface area contributed by atoms with Crippen LogP contribution in [0.25, 0.3) is 5.70 Å².